The normalized spacial score (nSPS) is 10.1. The molecule has 102 valence electrons. The predicted molar refractivity (Wildman–Crippen MR) is 82.2 cm³/mol. The molecule has 2 rings (SSSR count). The lowest BCUT2D eigenvalue weighted by atomic mass is 10.1. The minimum atomic E-state index is -0.588. The second-order valence-corrected chi connectivity index (χ2v) is 5.11. The van der Waals surface area contributed by atoms with Crippen molar-refractivity contribution in [3.05, 3.63) is 58.1 Å². The van der Waals surface area contributed by atoms with Gasteiger partial charge < -0.3 is 11.1 Å². The molecule has 4 nitrogen and oxygen atoms in total. The van der Waals surface area contributed by atoms with E-state index in [4.69, 9.17) is 18.0 Å². The van der Waals surface area contributed by atoms with Crippen molar-refractivity contribution < 1.29 is 9.18 Å². The van der Waals surface area contributed by atoms with Crippen molar-refractivity contribution in [2.45, 2.75) is 0 Å². The lowest BCUT2D eigenvalue weighted by molar-refractivity contribution is 0.102. The van der Waals surface area contributed by atoms with Crippen LogP contribution in [0.1, 0.15) is 16.1 Å². The van der Waals surface area contributed by atoms with Gasteiger partial charge in [-0.2, -0.15) is 0 Å². The number of rotatable bonds is 3. The minimum Gasteiger partial charge on any atom is -0.389 e. The summed E-state index contributed by atoms with van der Waals surface area (Å²) < 4.78 is 14.2. The molecule has 0 aliphatic carbocycles. The van der Waals surface area contributed by atoms with E-state index >= 15 is 0 Å². The number of carbonyl (C=O) groups is 1. The van der Waals surface area contributed by atoms with Gasteiger partial charge in [-0.3, -0.25) is 4.79 Å². The van der Waals surface area contributed by atoms with Crippen LogP contribution in [0.5, 0.6) is 0 Å². The molecule has 0 unspecified atom stereocenters. The van der Waals surface area contributed by atoms with Gasteiger partial charge in [0.1, 0.15) is 16.5 Å². The van der Waals surface area contributed by atoms with Crippen LogP contribution in [0.2, 0.25) is 0 Å². The van der Waals surface area contributed by atoms with Crippen molar-refractivity contribution >= 4 is 44.7 Å². The first kappa shape index (κ1) is 14.5. The molecule has 2 aromatic rings. The fraction of sp³-hybridized carbons (Fsp3) is 0. The van der Waals surface area contributed by atoms with Crippen molar-refractivity contribution in [3.8, 4) is 0 Å². The highest BCUT2D eigenvalue weighted by Gasteiger charge is 2.16. The molecule has 1 amide bonds. The third-order valence-corrected chi connectivity index (χ3v) is 3.33. The predicted octanol–water partition coefficient (Wildman–Crippen LogP) is 2.87. The zero-order valence-electron chi connectivity index (χ0n) is 10.1. The molecule has 0 bridgehead atoms. The van der Waals surface area contributed by atoms with E-state index in [-0.39, 0.29) is 21.9 Å². The Balaban J connectivity index is 2.36. The van der Waals surface area contributed by atoms with E-state index in [2.05, 4.69) is 26.2 Å². The van der Waals surface area contributed by atoms with Crippen molar-refractivity contribution in [2.75, 3.05) is 5.32 Å². The van der Waals surface area contributed by atoms with Gasteiger partial charge >= 0.3 is 0 Å². The van der Waals surface area contributed by atoms with Crippen LogP contribution in [0.4, 0.5) is 10.1 Å². The van der Waals surface area contributed by atoms with Gasteiger partial charge in [0.15, 0.2) is 0 Å². The number of amides is 1. The monoisotopic (exact) mass is 353 g/mol. The third kappa shape index (κ3) is 3.00. The summed E-state index contributed by atoms with van der Waals surface area (Å²) in [6.45, 7) is 0. The number of thiocarbonyl (C=S) groups is 1. The average Bonchev–Trinajstić information content (AvgIpc) is 2.38. The molecule has 1 aromatic carbocycles. The molecule has 1 heterocycles. The number of nitrogens with two attached hydrogens (primary N) is 1. The van der Waals surface area contributed by atoms with Gasteiger partial charge in [0, 0.05) is 10.7 Å². The van der Waals surface area contributed by atoms with Crippen molar-refractivity contribution in [3.63, 3.8) is 0 Å². The van der Waals surface area contributed by atoms with E-state index in [1.165, 1.54) is 24.4 Å². The first-order valence-corrected chi connectivity index (χ1v) is 6.71. The summed E-state index contributed by atoms with van der Waals surface area (Å²) in [5, 5.41) is 2.55. The number of halogens is 2. The van der Waals surface area contributed by atoms with Gasteiger partial charge in [-0.15, -0.1) is 0 Å². The maximum absolute atomic E-state index is 13.7. The SMILES string of the molecule is NC(=S)c1c(F)cccc1NC(=O)c1ncccc1Br. The van der Waals surface area contributed by atoms with Crippen molar-refractivity contribution in [1.82, 2.24) is 4.98 Å². The number of nitrogens with one attached hydrogen (secondary N) is 1. The van der Waals surface area contributed by atoms with Crippen LogP contribution in [0.15, 0.2) is 41.0 Å². The van der Waals surface area contributed by atoms with Gasteiger partial charge in [-0.1, -0.05) is 18.3 Å². The molecule has 0 atom stereocenters. The second kappa shape index (κ2) is 6.06. The highest BCUT2D eigenvalue weighted by atomic mass is 79.9. The third-order valence-electron chi connectivity index (χ3n) is 2.48. The molecule has 0 radical (unpaired) electrons. The lowest BCUT2D eigenvalue weighted by Crippen LogP contribution is -2.20. The van der Waals surface area contributed by atoms with E-state index in [1.54, 1.807) is 12.1 Å². The lowest BCUT2D eigenvalue weighted by Gasteiger charge is -2.11. The maximum atomic E-state index is 13.7. The largest absolute Gasteiger partial charge is 0.389 e. The fourth-order valence-electron chi connectivity index (χ4n) is 1.61. The zero-order chi connectivity index (χ0) is 14.7. The highest BCUT2D eigenvalue weighted by Crippen LogP contribution is 2.21. The Kier molecular flexibility index (Phi) is 4.41. The number of anilines is 1. The summed E-state index contributed by atoms with van der Waals surface area (Å²) in [5.74, 6) is -1.07. The van der Waals surface area contributed by atoms with Crippen LogP contribution >= 0.6 is 28.1 Å². The average molecular weight is 354 g/mol. The molecule has 0 fully saturated rings. The van der Waals surface area contributed by atoms with E-state index in [0.29, 0.717) is 4.47 Å². The molecule has 20 heavy (non-hydrogen) atoms. The van der Waals surface area contributed by atoms with Gasteiger partial charge in [-0.05, 0) is 40.2 Å². The molecular weight excluding hydrogens is 345 g/mol. The number of benzene rings is 1. The topological polar surface area (TPSA) is 68.0 Å². The van der Waals surface area contributed by atoms with Crippen LogP contribution in [0, 0.1) is 5.82 Å². The Morgan fingerprint density at radius 3 is 2.75 bits per heavy atom. The summed E-state index contributed by atoms with van der Waals surface area (Å²) in [6, 6.07) is 7.57. The quantitative estimate of drug-likeness (QED) is 0.832. The highest BCUT2D eigenvalue weighted by molar-refractivity contribution is 9.10. The number of pyridine rings is 1. The molecule has 0 aliphatic heterocycles. The first-order valence-electron chi connectivity index (χ1n) is 5.51. The van der Waals surface area contributed by atoms with Gasteiger partial charge in [0.05, 0.1) is 11.3 Å². The zero-order valence-corrected chi connectivity index (χ0v) is 12.5. The van der Waals surface area contributed by atoms with Gasteiger partial charge in [0.25, 0.3) is 5.91 Å². The van der Waals surface area contributed by atoms with E-state index in [0.717, 1.165) is 0 Å². The fourth-order valence-corrected chi connectivity index (χ4v) is 2.26. The number of nitrogens with zero attached hydrogens (tertiary/aromatic N) is 1. The number of carbonyl (C=O) groups excluding carboxylic acids is 1. The Morgan fingerprint density at radius 1 is 1.35 bits per heavy atom. The Morgan fingerprint density at radius 2 is 2.10 bits per heavy atom. The summed E-state index contributed by atoms with van der Waals surface area (Å²) in [7, 11) is 0. The first-order chi connectivity index (χ1) is 9.50. The summed E-state index contributed by atoms with van der Waals surface area (Å²) in [4.78, 5) is 15.9. The maximum Gasteiger partial charge on any atom is 0.275 e. The summed E-state index contributed by atoms with van der Waals surface area (Å²) >= 11 is 8.02. The van der Waals surface area contributed by atoms with E-state index < -0.39 is 11.7 Å². The van der Waals surface area contributed by atoms with Crippen molar-refractivity contribution in [1.29, 1.82) is 0 Å². The Hall–Kier alpha value is -1.86. The van der Waals surface area contributed by atoms with E-state index in [9.17, 15) is 9.18 Å². The molecule has 1 aromatic heterocycles. The Labute approximate surface area is 128 Å². The van der Waals surface area contributed by atoms with Crippen molar-refractivity contribution in [2.24, 2.45) is 5.73 Å². The van der Waals surface area contributed by atoms with Crippen LogP contribution in [-0.2, 0) is 0 Å². The molecule has 3 N–H and O–H groups in total. The summed E-state index contributed by atoms with van der Waals surface area (Å²) in [6.07, 6.45) is 1.49. The van der Waals surface area contributed by atoms with Crippen LogP contribution in [0.3, 0.4) is 0 Å². The van der Waals surface area contributed by atoms with Gasteiger partial charge in [-0.25, -0.2) is 9.37 Å². The molecular formula is C13H9BrFN3OS. The summed E-state index contributed by atoms with van der Waals surface area (Å²) in [5.41, 5.74) is 5.87. The smallest absolute Gasteiger partial charge is 0.275 e. The van der Waals surface area contributed by atoms with Gasteiger partial charge in [0.2, 0.25) is 0 Å². The Bertz CT molecular complexity index is 693. The molecule has 0 spiro atoms. The van der Waals surface area contributed by atoms with Crippen LogP contribution in [-0.4, -0.2) is 15.9 Å². The molecule has 0 aliphatic rings. The van der Waals surface area contributed by atoms with Crippen LogP contribution in [0.25, 0.3) is 0 Å². The molecule has 0 saturated heterocycles. The molecule has 0 saturated carbocycles. The minimum absolute atomic E-state index is 0.00269. The van der Waals surface area contributed by atoms with E-state index in [1.807, 2.05) is 0 Å². The number of aromatic nitrogens is 1. The van der Waals surface area contributed by atoms with Crippen LogP contribution < -0.4 is 11.1 Å². The number of hydrogen-bond acceptors (Lipinski definition) is 3. The molecule has 7 heteroatoms. The second-order valence-electron chi connectivity index (χ2n) is 3.81. The number of hydrogen-bond donors (Lipinski definition) is 2. The standard InChI is InChI=1S/C13H9BrFN3OS/c14-7-3-2-6-17-11(7)13(19)18-9-5-1-4-8(15)10(9)12(16)20/h1-6H,(H2,16,20)(H,18,19).